The minimum Gasteiger partial charge on any atom is -0.465 e. The normalized spacial score (nSPS) is 59.0. The van der Waals surface area contributed by atoms with Crippen molar-refractivity contribution in [3.05, 3.63) is 0 Å². The number of hydrogen-bond donors (Lipinski definition) is 0. The molecule has 1 spiro atoms. The van der Waals surface area contributed by atoms with Crippen LogP contribution in [-0.2, 0) is 9.53 Å². The number of cyclic esters (lactones) is 1. The van der Waals surface area contributed by atoms with E-state index in [1.165, 1.54) is 25.7 Å². The highest BCUT2D eigenvalue weighted by molar-refractivity contribution is 5.80. The minimum absolute atomic E-state index is 0.0242. The molecule has 0 aromatic carbocycles. The molecule has 4 saturated carbocycles. The Morgan fingerprint density at radius 3 is 2.70 bits per heavy atom. The van der Waals surface area contributed by atoms with Crippen LogP contribution in [0.5, 0.6) is 0 Å². The molecule has 5 fully saturated rings. The maximum absolute atomic E-state index is 12.3. The van der Waals surface area contributed by atoms with Crippen LogP contribution >= 0.6 is 0 Å². The van der Waals surface area contributed by atoms with Crippen molar-refractivity contribution in [2.24, 2.45) is 52.8 Å². The number of hydrogen-bond acceptors (Lipinski definition) is 2. The van der Waals surface area contributed by atoms with E-state index in [0.717, 1.165) is 47.8 Å². The fourth-order valence-corrected chi connectivity index (χ4v) is 7.70. The number of fused-ring (bicyclic) bond motifs is 10. The lowest BCUT2D eigenvalue weighted by Crippen LogP contribution is -2.44. The van der Waals surface area contributed by atoms with Gasteiger partial charge >= 0.3 is 5.97 Å². The maximum atomic E-state index is 12.3. The molecule has 0 N–H and O–H groups in total. The first-order valence-corrected chi connectivity index (χ1v) is 8.79. The van der Waals surface area contributed by atoms with Gasteiger partial charge in [-0.2, -0.15) is 0 Å². The molecule has 0 amide bonds. The average molecular weight is 274 g/mol. The first kappa shape index (κ1) is 12.1. The van der Waals surface area contributed by atoms with Gasteiger partial charge in [0.15, 0.2) is 0 Å². The molecule has 5 rings (SSSR count). The topological polar surface area (TPSA) is 26.3 Å². The lowest BCUT2D eigenvalue weighted by molar-refractivity contribution is -0.151. The Labute approximate surface area is 121 Å². The Morgan fingerprint density at radius 2 is 2.00 bits per heavy atom. The van der Waals surface area contributed by atoms with Crippen molar-refractivity contribution in [1.82, 2.24) is 0 Å². The molecule has 4 aliphatic carbocycles. The van der Waals surface area contributed by atoms with Gasteiger partial charge in [-0.3, -0.25) is 4.79 Å². The van der Waals surface area contributed by atoms with Crippen LogP contribution in [0.4, 0.5) is 0 Å². The number of esters is 1. The van der Waals surface area contributed by atoms with Crippen LogP contribution in [0.3, 0.4) is 0 Å². The second-order valence-electron chi connectivity index (χ2n) is 8.81. The van der Waals surface area contributed by atoms with E-state index in [0.29, 0.717) is 12.5 Å². The van der Waals surface area contributed by atoms with Crippen LogP contribution in [0, 0.1) is 52.8 Å². The van der Waals surface area contributed by atoms with E-state index < -0.39 is 0 Å². The van der Waals surface area contributed by atoms with Crippen molar-refractivity contribution >= 4 is 5.97 Å². The van der Waals surface area contributed by atoms with Gasteiger partial charge in [0.05, 0.1) is 12.0 Å². The molecule has 8 atom stereocenters. The van der Waals surface area contributed by atoms with Gasteiger partial charge in [-0.05, 0) is 79.4 Å². The van der Waals surface area contributed by atoms with Crippen molar-refractivity contribution in [1.29, 1.82) is 0 Å². The molecule has 5 aliphatic rings. The van der Waals surface area contributed by atoms with Crippen LogP contribution in [0.1, 0.15) is 46.0 Å². The molecule has 1 heterocycles. The summed E-state index contributed by atoms with van der Waals surface area (Å²) in [6.45, 7) is 5.54. The first-order chi connectivity index (χ1) is 9.62. The fraction of sp³-hybridized carbons (Fsp3) is 0.944. The molecule has 0 aromatic rings. The Balaban J connectivity index is 1.49. The third-order valence-electron chi connectivity index (χ3n) is 8.13. The zero-order valence-corrected chi connectivity index (χ0v) is 12.7. The summed E-state index contributed by atoms with van der Waals surface area (Å²) in [6.07, 6.45) is 6.49. The number of ether oxygens (including phenoxy) is 1. The largest absolute Gasteiger partial charge is 0.465 e. The number of rotatable bonds is 1. The summed E-state index contributed by atoms with van der Waals surface area (Å²) < 4.78 is 5.39. The SMILES string of the molecule is CC(C)C1CC2CC1C1C3CC(C21)C1(CCOC1=O)C3. The quantitative estimate of drug-likeness (QED) is 0.540. The van der Waals surface area contributed by atoms with Gasteiger partial charge in [0.25, 0.3) is 0 Å². The Kier molecular flexibility index (Phi) is 2.18. The predicted octanol–water partition coefficient (Wildman–Crippen LogP) is 3.50. The second-order valence-corrected chi connectivity index (χ2v) is 8.81. The van der Waals surface area contributed by atoms with E-state index in [4.69, 9.17) is 4.74 Å². The van der Waals surface area contributed by atoms with Gasteiger partial charge in [0, 0.05) is 0 Å². The fourth-order valence-electron chi connectivity index (χ4n) is 7.70. The van der Waals surface area contributed by atoms with Gasteiger partial charge < -0.3 is 4.74 Å². The monoisotopic (exact) mass is 274 g/mol. The molecule has 2 nitrogen and oxygen atoms in total. The molecule has 4 bridgehead atoms. The molecular formula is C18H26O2. The first-order valence-electron chi connectivity index (χ1n) is 8.79. The Morgan fingerprint density at radius 1 is 1.15 bits per heavy atom. The standard InChI is InChI=1S/C18H26O2/c1-9(2)12-5-10-6-13(12)15-11-7-14(16(10)15)18(8-11)3-4-20-17(18)19/h9-16H,3-8H2,1-2H3. The molecule has 1 saturated heterocycles. The molecule has 110 valence electrons. The van der Waals surface area contributed by atoms with E-state index in [-0.39, 0.29) is 11.4 Å². The molecule has 1 aliphatic heterocycles. The van der Waals surface area contributed by atoms with Gasteiger partial charge in [-0.25, -0.2) is 0 Å². The minimum atomic E-state index is -0.0242. The van der Waals surface area contributed by atoms with Crippen LogP contribution < -0.4 is 0 Å². The maximum Gasteiger partial charge on any atom is 0.312 e. The van der Waals surface area contributed by atoms with E-state index in [2.05, 4.69) is 13.8 Å². The van der Waals surface area contributed by atoms with Gasteiger partial charge in [0.2, 0.25) is 0 Å². The van der Waals surface area contributed by atoms with E-state index >= 15 is 0 Å². The summed E-state index contributed by atoms with van der Waals surface area (Å²) in [7, 11) is 0. The summed E-state index contributed by atoms with van der Waals surface area (Å²) in [5.74, 6) is 7.36. The molecular weight excluding hydrogens is 248 g/mol. The number of carbonyl (C=O) groups excluding carboxylic acids is 1. The highest BCUT2D eigenvalue weighted by Crippen LogP contribution is 2.74. The lowest BCUT2D eigenvalue weighted by atomic mass is 9.58. The van der Waals surface area contributed by atoms with Crippen LogP contribution in [0.25, 0.3) is 0 Å². The third kappa shape index (κ3) is 1.18. The molecule has 0 aromatic heterocycles. The second kappa shape index (κ2) is 3.62. The van der Waals surface area contributed by atoms with Crippen LogP contribution in [0.2, 0.25) is 0 Å². The summed E-state index contributed by atoms with van der Waals surface area (Å²) in [6, 6.07) is 0. The molecule has 2 heteroatoms. The third-order valence-corrected chi connectivity index (χ3v) is 8.13. The molecule has 0 radical (unpaired) electrons. The highest BCUT2D eigenvalue weighted by Gasteiger charge is 2.71. The lowest BCUT2D eigenvalue weighted by Gasteiger charge is -2.45. The van der Waals surface area contributed by atoms with Crippen molar-refractivity contribution in [2.45, 2.75) is 46.0 Å². The smallest absolute Gasteiger partial charge is 0.312 e. The molecule has 8 unspecified atom stereocenters. The van der Waals surface area contributed by atoms with Crippen LogP contribution in [-0.4, -0.2) is 12.6 Å². The van der Waals surface area contributed by atoms with E-state index in [9.17, 15) is 4.79 Å². The summed E-state index contributed by atoms with van der Waals surface area (Å²) in [5.41, 5.74) is -0.0242. The average Bonchev–Trinajstić information content (AvgIpc) is 3.16. The van der Waals surface area contributed by atoms with Gasteiger partial charge in [0.1, 0.15) is 0 Å². The van der Waals surface area contributed by atoms with Crippen molar-refractivity contribution < 1.29 is 9.53 Å². The van der Waals surface area contributed by atoms with Gasteiger partial charge in [-0.1, -0.05) is 13.8 Å². The van der Waals surface area contributed by atoms with Crippen molar-refractivity contribution in [2.75, 3.05) is 6.61 Å². The highest BCUT2D eigenvalue weighted by atomic mass is 16.5. The van der Waals surface area contributed by atoms with Crippen LogP contribution in [0.15, 0.2) is 0 Å². The summed E-state index contributed by atoms with van der Waals surface area (Å²) in [5, 5.41) is 0. The number of carbonyl (C=O) groups is 1. The summed E-state index contributed by atoms with van der Waals surface area (Å²) in [4.78, 5) is 12.3. The Hall–Kier alpha value is -0.530. The predicted molar refractivity (Wildman–Crippen MR) is 75.7 cm³/mol. The summed E-state index contributed by atoms with van der Waals surface area (Å²) >= 11 is 0. The molecule has 20 heavy (non-hydrogen) atoms. The van der Waals surface area contributed by atoms with E-state index in [1.54, 1.807) is 0 Å². The zero-order chi connectivity index (χ0) is 13.6. The van der Waals surface area contributed by atoms with Crippen molar-refractivity contribution in [3.8, 4) is 0 Å². The van der Waals surface area contributed by atoms with E-state index in [1.807, 2.05) is 0 Å². The van der Waals surface area contributed by atoms with Gasteiger partial charge in [-0.15, -0.1) is 0 Å². The van der Waals surface area contributed by atoms with Crippen molar-refractivity contribution in [3.63, 3.8) is 0 Å². The zero-order valence-electron chi connectivity index (χ0n) is 12.7. The Bertz CT molecular complexity index is 470.